The standard InChI is InChI=1S/C14H22N2O/c1-3-9-16(10-8-15)14(17)11-13-7-5-4-6-12(13)2/h4-7H,3,8-11,15H2,1-2H3. The molecule has 1 amide bonds. The van der Waals surface area contributed by atoms with Crippen molar-refractivity contribution in [2.45, 2.75) is 26.7 Å². The zero-order chi connectivity index (χ0) is 12.7. The molecular weight excluding hydrogens is 212 g/mol. The van der Waals surface area contributed by atoms with Crippen LogP contribution in [-0.4, -0.2) is 30.4 Å². The molecule has 0 saturated heterocycles. The molecule has 0 spiro atoms. The number of benzene rings is 1. The first kappa shape index (κ1) is 13.7. The van der Waals surface area contributed by atoms with Gasteiger partial charge in [-0.15, -0.1) is 0 Å². The summed E-state index contributed by atoms with van der Waals surface area (Å²) in [6, 6.07) is 8.02. The zero-order valence-electron chi connectivity index (χ0n) is 10.8. The summed E-state index contributed by atoms with van der Waals surface area (Å²) < 4.78 is 0. The van der Waals surface area contributed by atoms with Crippen molar-refractivity contribution in [3.8, 4) is 0 Å². The fourth-order valence-electron chi connectivity index (χ4n) is 1.87. The smallest absolute Gasteiger partial charge is 0.227 e. The normalized spacial score (nSPS) is 10.3. The van der Waals surface area contributed by atoms with Crippen molar-refractivity contribution < 1.29 is 4.79 Å². The van der Waals surface area contributed by atoms with Gasteiger partial charge < -0.3 is 10.6 Å². The van der Waals surface area contributed by atoms with Crippen LogP contribution in [0.1, 0.15) is 24.5 Å². The third kappa shape index (κ3) is 4.19. The highest BCUT2D eigenvalue weighted by Gasteiger charge is 2.13. The van der Waals surface area contributed by atoms with Gasteiger partial charge in [-0.05, 0) is 24.5 Å². The lowest BCUT2D eigenvalue weighted by Gasteiger charge is -2.21. The van der Waals surface area contributed by atoms with Crippen molar-refractivity contribution in [3.05, 3.63) is 35.4 Å². The number of carbonyl (C=O) groups excluding carboxylic acids is 1. The van der Waals surface area contributed by atoms with Crippen LogP contribution in [0.15, 0.2) is 24.3 Å². The van der Waals surface area contributed by atoms with Gasteiger partial charge in [0.05, 0.1) is 6.42 Å². The zero-order valence-corrected chi connectivity index (χ0v) is 10.8. The van der Waals surface area contributed by atoms with Crippen LogP contribution >= 0.6 is 0 Å². The summed E-state index contributed by atoms with van der Waals surface area (Å²) in [5.41, 5.74) is 7.81. The number of nitrogens with two attached hydrogens (primary N) is 1. The molecule has 94 valence electrons. The molecule has 2 N–H and O–H groups in total. The Morgan fingerprint density at radius 1 is 1.29 bits per heavy atom. The van der Waals surface area contributed by atoms with E-state index in [1.807, 2.05) is 36.1 Å². The van der Waals surface area contributed by atoms with Gasteiger partial charge in [-0.3, -0.25) is 4.79 Å². The van der Waals surface area contributed by atoms with E-state index in [1.54, 1.807) is 0 Å². The fraction of sp³-hybridized carbons (Fsp3) is 0.500. The average molecular weight is 234 g/mol. The number of aryl methyl sites for hydroxylation is 1. The molecule has 1 rings (SSSR count). The second-order valence-electron chi connectivity index (χ2n) is 4.27. The third-order valence-electron chi connectivity index (χ3n) is 2.85. The third-order valence-corrected chi connectivity index (χ3v) is 2.85. The highest BCUT2D eigenvalue weighted by atomic mass is 16.2. The van der Waals surface area contributed by atoms with Crippen molar-refractivity contribution in [1.29, 1.82) is 0 Å². The van der Waals surface area contributed by atoms with Crippen LogP contribution < -0.4 is 5.73 Å². The van der Waals surface area contributed by atoms with Crippen LogP contribution in [0.25, 0.3) is 0 Å². The van der Waals surface area contributed by atoms with Crippen molar-refractivity contribution >= 4 is 5.91 Å². The quantitative estimate of drug-likeness (QED) is 0.815. The van der Waals surface area contributed by atoms with Gasteiger partial charge in [0.25, 0.3) is 0 Å². The maximum absolute atomic E-state index is 12.1. The molecule has 0 aliphatic heterocycles. The lowest BCUT2D eigenvalue weighted by Crippen LogP contribution is -2.37. The van der Waals surface area contributed by atoms with Crippen molar-refractivity contribution in [3.63, 3.8) is 0 Å². The fourth-order valence-corrected chi connectivity index (χ4v) is 1.87. The average Bonchev–Trinajstić information content (AvgIpc) is 2.32. The second-order valence-corrected chi connectivity index (χ2v) is 4.27. The van der Waals surface area contributed by atoms with Gasteiger partial charge in [-0.25, -0.2) is 0 Å². The summed E-state index contributed by atoms with van der Waals surface area (Å²) in [5, 5.41) is 0. The predicted octanol–water partition coefficient (Wildman–Crippen LogP) is 1.73. The maximum Gasteiger partial charge on any atom is 0.227 e. The van der Waals surface area contributed by atoms with Gasteiger partial charge in [-0.1, -0.05) is 31.2 Å². The highest BCUT2D eigenvalue weighted by molar-refractivity contribution is 5.79. The molecule has 0 aliphatic rings. The van der Waals surface area contributed by atoms with E-state index in [0.29, 0.717) is 19.5 Å². The van der Waals surface area contributed by atoms with Crippen molar-refractivity contribution in [2.75, 3.05) is 19.6 Å². The van der Waals surface area contributed by atoms with E-state index in [-0.39, 0.29) is 5.91 Å². The number of hydrogen-bond acceptors (Lipinski definition) is 2. The van der Waals surface area contributed by atoms with Crippen molar-refractivity contribution in [1.82, 2.24) is 4.90 Å². The molecule has 17 heavy (non-hydrogen) atoms. The number of hydrogen-bond donors (Lipinski definition) is 1. The molecule has 0 radical (unpaired) electrons. The maximum atomic E-state index is 12.1. The van der Waals surface area contributed by atoms with E-state index < -0.39 is 0 Å². The number of carbonyl (C=O) groups is 1. The van der Waals surface area contributed by atoms with Gasteiger partial charge in [0.1, 0.15) is 0 Å². The Hall–Kier alpha value is -1.35. The minimum absolute atomic E-state index is 0.173. The topological polar surface area (TPSA) is 46.3 Å². The summed E-state index contributed by atoms with van der Waals surface area (Å²) in [4.78, 5) is 14.0. The van der Waals surface area contributed by atoms with E-state index in [4.69, 9.17) is 5.73 Å². The number of amides is 1. The van der Waals surface area contributed by atoms with E-state index in [2.05, 4.69) is 6.92 Å². The van der Waals surface area contributed by atoms with Gasteiger partial charge in [0.15, 0.2) is 0 Å². The minimum atomic E-state index is 0.173. The summed E-state index contributed by atoms with van der Waals surface area (Å²) in [7, 11) is 0. The first-order valence-corrected chi connectivity index (χ1v) is 6.21. The Morgan fingerprint density at radius 3 is 2.59 bits per heavy atom. The monoisotopic (exact) mass is 234 g/mol. The Kier molecular flexibility index (Phi) is 5.70. The summed E-state index contributed by atoms with van der Waals surface area (Å²) in [6.45, 7) is 6.08. The van der Waals surface area contributed by atoms with E-state index in [0.717, 1.165) is 18.5 Å². The SMILES string of the molecule is CCCN(CCN)C(=O)Cc1ccccc1C. The molecule has 0 atom stereocenters. The minimum Gasteiger partial charge on any atom is -0.341 e. The van der Waals surface area contributed by atoms with Gasteiger partial charge in [0, 0.05) is 19.6 Å². The summed E-state index contributed by atoms with van der Waals surface area (Å²) >= 11 is 0. The van der Waals surface area contributed by atoms with Crippen LogP contribution in [0.2, 0.25) is 0 Å². The molecule has 3 nitrogen and oxygen atoms in total. The molecular formula is C14H22N2O. The van der Waals surface area contributed by atoms with Crippen LogP contribution in [-0.2, 0) is 11.2 Å². The first-order valence-electron chi connectivity index (χ1n) is 6.21. The lowest BCUT2D eigenvalue weighted by molar-refractivity contribution is -0.130. The second kappa shape index (κ2) is 7.07. The molecule has 0 aromatic heterocycles. The Morgan fingerprint density at radius 2 is 2.00 bits per heavy atom. The van der Waals surface area contributed by atoms with Gasteiger partial charge in [-0.2, -0.15) is 0 Å². The summed E-state index contributed by atoms with van der Waals surface area (Å²) in [5.74, 6) is 0.173. The number of rotatable bonds is 6. The molecule has 0 saturated carbocycles. The predicted molar refractivity (Wildman–Crippen MR) is 70.8 cm³/mol. The molecule has 3 heteroatoms. The van der Waals surface area contributed by atoms with Crippen LogP contribution in [0.3, 0.4) is 0 Å². The van der Waals surface area contributed by atoms with Crippen molar-refractivity contribution in [2.24, 2.45) is 5.73 Å². The molecule has 1 aromatic rings. The van der Waals surface area contributed by atoms with E-state index in [1.165, 1.54) is 5.56 Å². The lowest BCUT2D eigenvalue weighted by atomic mass is 10.1. The molecule has 0 heterocycles. The molecule has 0 bridgehead atoms. The molecule has 1 aromatic carbocycles. The Bertz CT molecular complexity index is 357. The largest absolute Gasteiger partial charge is 0.341 e. The molecule has 0 aliphatic carbocycles. The first-order chi connectivity index (χ1) is 8.19. The van der Waals surface area contributed by atoms with Gasteiger partial charge in [0.2, 0.25) is 5.91 Å². The van der Waals surface area contributed by atoms with E-state index >= 15 is 0 Å². The highest BCUT2D eigenvalue weighted by Crippen LogP contribution is 2.09. The van der Waals surface area contributed by atoms with Gasteiger partial charge >= 0.3 is 0 Å². The Labute approximate surface area is 104 Å². The van der Waals surface area contributed by atoms with Crippen LogP contribution in [0.5, 0.6) is 0 Å². The molecule has 0 fully saturated rings. The van der Waals surface area contributed by atoms with E-state index in [9.17, 15) is 4.79 Å². The summed E-state index contributed by atoms with van der Waals surface area (Å²) in [6.07, 6.45) is 1.45. The molecule has 0 unspecified atom stereocenters. The number of nitrogens with zero attached hydrogens (tertiary/aromatic N) is 1. The van der Waals surface area contributed by atoms with Crippen LogP contribution in [0, 0.1) is 6.92 Å². The van der Waals surface area contributed by atoms with Crippen LogP contribution in [0.4, 0.5) is 0 Å². The Balaban J connectivity index is 2.66.